The van der Waals surface area contributed by atoms with Crippen LogP contribution in [0, 0.1) is 5.92 Å². The average molecular weight is 477 g/mol. The van der Waals surface area contributed by atoms with E-state index in [0.717, 1.165) is 5.56 Å². The lowest BCUT2D eigenvalue weighted by atomic mass is 10.0. The summed E-state index contributed by atoms with van der Waals surface area (Å²) in [5.74, 6) is -2.96. The number of amides is 2. The zero-order valence-corrected chi connectivity index (χ0v) is 19.2. The van der Waals surface area contributed by atoms with Crippen molar-refractivity contribution in [2.24, 2.45) is 5.92 Å². The Hall–Kier alpha value is -3.40. The predicted octanol–water partition coefficient (Wildman–Crippen LogP) is 2.37. The average Bonchev–Trinajstić information content (AvgIpc) is 2.79. The van der Waals surface area contributed by atoms with Gasteiger partial charge in [0.2, 0.25) is 5.91 Å². The number of carbonyl (C=O) groups excluding carboxylic acids is 2. The largest absolute Gasteiger partial charge is 0.480 e. The first-order valence-corrected chi connectivity index (χ1v) is 12.0. The van der Waals surface area contributed by atoms with Gasteiger partial charge in [0.05, 0.1) is 10.6 Å². The van der Waals surface area contributed by atoms with Crippen LogP contribution in [-0.4, -0.2) is 49.3 Å². The Kier molecular flexibility index (Phi) is 9.41. The van der Waals surface area contributed by atoms with Gasteiger partial charge in [0.15, 0.2) is 9.84 Å². The molecular formula is C23H28N2O7S. The van der Waals surface area contributed by atoms with E-state index in [1.54, 1.807) is 56.3 Å². The second-order valence-electron chi connectivity index (χ2n) is 7.75. The minimum Gasteiger partial charge on any atom is -0.480 e. The van der Waals surface area contributed by atoms with Gasteiger partial charge in [-0.2, -0.15) is 0 Å². The molecule has 9 nitrogen and oxygen atoms in total. The number of hydrogen-bond acceptors (Lipinski definition) is 6. The van der Waals surface area contributed by atoms with E-state index < -0.39 is 45.6 Å². The van der Waals surface area contributed by atoms with Crippen molar-refractivity contribution >= 4 is 27.8 Å². The Morgan fingerprint density at radius 3 is 2.06 bits per heavy atom. The summed E-state index contributed by atoms with van der Waals surface area (Å²) in [5.41, 5.74) is 0.767. The third-order valence-corrected chi connectivity index (χ3v) is 6.59. The van der Waals surface area contributed by atoms with E-state index in [1.165, 1.54) is 12.1 Å². The second kappa shape index (κ2) is 12.0. The highest BCUT2D eigenvalue weighted by molar-refractivity contribution is 7.91. The number of carboxylic acids is 1. The Morgan fingerprint density at radius 1 is 0.939 bits per heavy atom. The van der Waals surface area contributed by atoms with Crippen LogP contribution < -0.4 is 10.6 Å². The molecule has 2 amide bonds. The number of hydrogen-bond donors (Lipinski definition) is 3. The number of aliphatic carboxylic acids is 1. The summed E-state index contributed by atoms with van der Waals surface area (Å²) in [7, 11) is -3.72. The molecule has 0 aliphatic rings. The molecule has 33 heavy (non-hydrogen) atoms. The quantitative estimate of drug-likeness (QED) is 0.452. The van der Waals surface area contributed by atoms with Gasteiger partial charge in [0.1, 0.15) is 18.7 Å². The summed E-state index contributed by atoms with van der Waals surface area (Å²) in [6.45, 7) is 3.36. The molecule has 3 N–H and O–H groups in total. The number of rotatable bonds is 11. The molecule has 0 radical (unpaired) electrons. The van der Waals surface area contributed by atoms with Gasteiger partial charge >= 0.3 is 12.1 Å². The van der Waals surface area contributed by atoms with Crippen molar-refractivity contribution < 1.29 is 32.6 Å². The van der Waals surface area contributed by atoms with Crippen LogP contribution in [0.5, 0.6) is 0 Å². The molecule has 2 rings (SSSR count). The van der Waals surface area contributed by atoms with Crippen LogP contribution in [0.25, 0.3) is 0 Å². The summed E-state index contributed by atoms with van der Waals surface area (Å²) in [6, 6.07) is 14.1. The summed E-state index contributed by atoms with van der Waals surface area (Å²) in [6.07, 6.45) is -1.16. The molecule has 0 aliphatic carbocycles. The van der Waals surface area contributed by atoms with Gasteiger partial charge in [-0.25, -0.2) is 18.0 Å². The van der Waals surface area contributed by atoms with Crippen LogP contribution in [0.4, 0.5) is 4.79 Å². The van der Waals surface area contributed by atoms with Crippen LogP contribution in [0.3, 0.4) is 0 Å². The molecule has 0 heterocycles. The van der Waals surface area contributed by atoms with Crippen molar-refractivity contribution in [3.05, 3.63) is 66.2 Å². The zero-order chi connectivity index (χ0) is 24.4. The molecule has 0 aliphatic heterocycles. The number of sulfone groups is 1. The van der Waals surface area contributed by atoms with Gasteiger partial charge < -0.3 is 20.5 Å². The molecule has 0 bridgehead atoms. The van der Waals surface area contributed by atoms with Crippen LogP contribution in [0.2, 0.25) is 0 Å². The van der Waals surface area contributed by atoms with E-state index in [4.69, 9.17) is 4.74 Å². The van der Waals surface area contributed by atoms with Crippen molar-refractivity contribution in [1.29, 1.82) is 0 Å². The Bertz CT molecular complexity index is 1040. The molecule has 0 saturated carbocycles. The van der Waals surface area contributed by atoms with Gasteiger partial charge in [-0.05, 0) is 30.0 Å². The lowest BCUT2D eigenvalue weighted by molar-refractivity contribution is -0.142. The predicted molar refractivity (Wildman–Crippen MR) is 121 cm³/mol. The van der Waals surface area contributed by atoms with Crippen molar-refractivity contribution in [3.63, 3.8) is 0 Å². The van der Waals surface area contributed by atoms with Crippen LogP contribution in [-0.2, 0) is 30.8 Å². The van der Waals surface area contributed by atoms with Crippen molar-refractivity contribution in [2.45, 2.75) is 43.9 Å². The van der Waals surface area contributed by atoms with Gasteiger partial charge in [-0.3, -0.25) is 4.79 Å². The molecule has 0 saturated heterocycles. The third kappa shape index (κ3) is 8.23. The van der Waals surface area contributed by atoms with Crippen molar-refractivity contribution in [1.82, 2.24) is 10.6 Å². The Balaban J connectivity index is 1.97. The molecule has 0 fully saturated rings. The first-order chi connectivity index (χ1) is 15.6. The maximum Gasteiger partial charge on any atom is 0.408 e. The van der Waals surface area contributed by atoms with E-state index in [-0.39, 0.29) is 23.8 Å². The molecule has 2 aromatic rings. The zero-order valence-electron chi connectivity index (χ0n) is 18.4. The monoisotopic (exact) mass is 476 g/mol. The fourth-order valence-electron chi connectivity index (χ4n) is 2.96. The van der Waals surface area contributed by atoms with Crippen molar-refractivity contribution in [3.8, 4) is 0 Å². The fraction of sp³-hybridized carbons (Fsp3) is 0.348. The number of alkyl carbamates (subject to hydrolysis) is 1. The van der Waals surface area contributed by atoms with Gasteiger partial charge in [0, 0.05) is 0 Å². The Labute approximate surface area is 193 Å². The summed E-state index contributed by atoms with van der Waals surface area (Å²) < 4.78 is 30.0. The fourth-order valence-corrected chi connectivity index (χ4v) is 4.32. The number of carbonyl (C=O) groups is 3. The number of benzene rings is 2. The van der Waals surface area contributed by atoms with E-state index in [0.29, 0.717) is 0 Å². The van der Waals surface area contributed by atoms with Crippen LogP contribution in [0.1, 0.15) is 25.8 Å². The number of ether oxygens (including phenoxy) is 1. The van der Waals surface area contributed by atoms with Crippen molar-refractivity contribution in [2.75, 3.05) is 5.75 Å². The number of nitrogens with one attached hydrogen (secondary N) is 2. The standard InChI is InChI=1S/C23H28N2O7S/c1-16(2)20(25-23(29)32-15-17-9-5-3-6-10-17)21(26)24-19(22(27)28)13-14-33(30,31)18-11-7-4-8-12-18/h3-12,16,19-20H,13-15H2,1-2H3,(H,24,26)(H,25,29)(H,27,28)/t19-,20+/m0/s1. The normalized spacial score (nSPS) is 13.1. The van der Waals surface area contributed by atoms with E-state index in [2.05, 4.69) is 10.6 Å². The topological polar surface area (TPSA) is 139 Å². The summed E-state index contributed by atoms with van der Waals surface area (Å²) in [5, 5.41) is 14.3. The third-order valence-electron chi connectivity index (χ3n) is 4.83. The van der Waals surface area contributed by atoms with E-state index >= 15 is 0 Å². The SMILES string of the molecule is CC(C)[C@@H](NC(=O)OCc1ccccc1)C(=O)N[C@@H](CCS(=O)(=O)c1ccccc1)C(=O)O. The highest BCUT2D eigenvalue weighted by atomic mass is 32.2. The molecule has 10 heteroatoms. The van der Waals surface area contributed by atoms with Gasteiger partial charge in [0.25, 0.3) is 0 Å². The smallest absolute Gasteiger partial charge is 0.408 e. The lowest BCUT2D eigenvalue weighted by Crippen LogP contribution is -2.54. The molecular weight excluding hydrogens is 448 g/mol. The Morgan fingerprint density at radius 2 is 1.52 bits per heavy atom. The molecule has 178 valence electrons. The highest BCUT2D eigenvalue weighted by Crippen LogP contribution is 2.13. The lowest BCUT2D eigenvalue weighted by Gasteiger charge is -2.23. The minimum atomic E-state index is -3.72. The molecule has 0 unspecified atom stereocenters. The molecule has 2 atom stereocenters. The molecule has 0 aromatic heterocycles. The van der Waals surface area contributed by atoms with E-state index in [1.807, 2.05) is 6.07 Å². The highest BCUT2D eigenvalue weighted by Gasteiger charge is 2.30. The minimum absolute atomic E-state index is 0.00814. The van der Waals surface area contributed by atoms with Crippen LogP contribution >= 0.6 is 0 Å². The second-order valence-corrected chi connectivity index (χ2v) is 9.86. The van der Waals surface area contributed by atoms with Crippen LogP contribution in [0.15, 0.2) is 65.6 Å². The molecule has 0 spiro atoms. The van der Waals surface area contributed by atoms with Gasteiger partial charge in [-0.1, -0.05) is 62.4 Å². The number of carboxylic acid groups (broad SMARTS) is 1. The first-order valence-electron chi connectivity index (χ1n) is 10.4. The summed E-state index contributed by atoms with van der Waals surface area (Å²) >= 11 is 0. The first kappa shape index (κ1) is 25.9. The van der Waals surface area contributed by atoms with E-state index in [9.17, 15) is 27.9 Å². The maximum absolute atomic E-state index is 12.7. The van der Waals surface area contributed by atoms with Gasteiger partial charge in [-0.15, -0.1) is 0 Å². The maximum atomic E-state index is 12.7. The molecule has 2 aromatic carbocycles. The summed E-state index contributed by atoms with van der Waals surface area (Å²) in [4.78, 5) is 36.6.